The Morgan fingerprint density at radius 1 is 1.35 bits per heavy atom. The van der Waals surface area contributed by atoms with E-state index in [9.17, 15) is 4.79 Å². The molecule has 2 saturated heterocycles. The van der Waals surface area contributed by atoms with E-state index in [1.54, 1.807) is 0 Å². The van der Waals surface area contributed by atoms with Crippen molar-refractivity contribution in [1.29, 1.82) is 0 Å². The minimum Gasteiger partial charge on any atom is -0.360 e. The van der Waals surface area contributed by atoms with Crippen LogP contribution in [0.5, 0.6) is 0 Å². The predicted octanol–water partition coefficient (Wildman–Crippen LogP) is 1.93. The molecule has 2 aliphatic rings. The van der Waals surface area contributed by atoms with E-state index in [0.717, 1.165) is 44.0 Å². The summed E-state index contributed by atoms with van der Waals surface area (Å²) in [6, 6.07) is 0.318. The van der Waals surface area contributed by atoms with E-state index in [1.165, 1.54) is 0 Å². The van der Waals surface area contributed by atoms with Crippen LogP contribution in [0.4, 0.5) is 0 Å². The van der Waals surface area contributed by atoms with Crippen LogP contribution in [0.25, 0.3) is 0 Å². The van der Waals surface area contributed by atoms with Crippen LogP contribution in [0.1, 0.15) is 53.9 Å². The second kappa shape index (κ2) is 7.34. The van der Waals surface area contributed by atoms with Crippen LogP contribution in [0, 0.1) is 5.92 Å². The topological polar surface area (TPSA) is 47.6 Å². The van der Waals surface area contributed by atoms with Crippen molar-refractivity contribution >= 4 is 23.2 Å². The van der Waals surface area contributed by atoms with Gasteiger partial charge in [0.2, 0.25) is 5.91 Å². The molecule has 0 aromatic heterocycles. The highest BCUT2D eigenvalue weighted by atomic mass is 32.1. The largest absolute Gasteiger partial charge is 0.360 e. The highest BCUT2D eigenvalue weighted by Gasteiger charge is 2.51. The summed E-state index contributed by atoms with van der Waals surface area (Å²) in [5.41, 5.74) is -0.177. The average Bonchev–Trinajstić information content (AvgIpc) is 2.78. The van der Waals surface area contributed by atoms with E-state index < -0.39 is 0 Å². The minimum absolute atomic E-state index is 0.0350. The molecule has 0 bridgehead atoms. The molecule has 23 heavy (non-hydrogen) atoms. The molecule has 0 radical (unpaired) electrons. The number of carbonyl (C=O) groups is 1. The number of piperidine rings is 1. The number of rotatable bonds is 4. The van der Waals surface area contributed by atoms with Crippen LogP contribution < -0.4 is 10.6 Å². The maximum Gasteiger partial charge on any atom is 0.241 e. The van der Waals surface area contributed by atoms with Crippen LogP contribution in [0.2, 0.25) is 0 Å². The summed E-state index contributed by atoms with van der Waals surface area (Å²) >= 11 is 5.49. The lowest BCUT2D eigenvalue weighted by atomic mass is 9.95. The van der Waals surface area contributed by atoms with Crippen molar-refractivity contribution in [2.24, 2.45) is 5.92 Å². The van der Waals surface area contributed by atoms with Crippen LogP contribution in [-0.4, -0.2) is 58.2 Å². The summed E-state index contributed by atoms with van der Waals surface area (Å²) < 4.78 is 0. The molecule has 0 aliphatic carbocycles. The van der Waals surface area contributed by atoms with Crippen LogP contribution in [0.15, 0.2) is 0 Å². The smallest absolute Gasteiger partial charge is 0.241 e. The summed E-state index contributed by atoms with van der Waals surface area (Å²) in [4.78, 5) is 17.1. The fourth-order valence-corrected chi connectivity index (χ4v) is 4.14. The van der Waals surface area contributed by atoms with Crippen molar-refractivity contribution < 1.29 is 4.79 Å². The first-order valence-electron chi connectivity index (χ1n) is 8.99. The number of amides is 1. The number of thiocarbonyl (C=S) groups is 1. The molecule has 1 amide bonds. The molecule has 2 fully saturated rings. The number of hydrogen-bond donors (Lipinski definition) is 2. The van der Waals surface area contributed by atoms with Crippen LogP contribution >= 0.6 is 12.2 Å². The van der Waals surface area contributed by atoms with Gasteiger partial charge in [0.15, 0.2) is 5.11 Å². The molecular formula is C17H32N4OS. The van der Waals surface area contributed by atoms with Gasteiger partial charge in [-0.25, -0.2) is 0 Å². The van der Waals surface area contributed by atoms with Gasteiger partial charge in [0.25, 0.3) is 0 Å². The molecule has 2 rings (SSSR count). The molecular weight excluding hydrogens is 308 g/mol. The Labute approximate surface area is 146 Å². The minimum atomic E-state index is -0.177. The van der Waals surface area contributed by atoms with Crippen molar-refractivity contribution in [3.63, 3.8) is 0 Å². The highest BCUT2D eigenvalue weighted by molar-refractivity contribution is 7.80. The zero-order chi connectivity index (χ0) is 17.2. The van der Waals surface area contributed by atoms with E-state index in [4.69, 9.17) is 12.2 Å². The Kier molecular flexibility index (Phi) is 5.89. The van der Waals surface area contributed by atoms with Gasteiger partial charge in [-0.1, -0.05) is 20.3 Å². The summed E-state index contributed by atoms with van der Waals surface area (Å²) in [6.07, 6.45) is 2.88. The summed E-state index contributed by atoms with van der Waals surface area (Å²) in [5, 5.41) is 7.85. The van der Waals surface area contributed by atoms with Crippen LogP contribution in [0.3, 0.4) is 0 Å². The molecule has 5 nitrogen and oxygen atoms in total. The molecule has 2 aliphatic heterocycles. The Hall–Kier alpha value is -0.880. The fraction of sp³-hybridized carbons (Fsp3) is 0.882. The Morgan fingerprint density at radius 2 is 1.96 bits per heavy atom. The molecule has 2 heterocycles. The Bertz CT molecular complexity index is 446. The SMILES string of the molecule is CC[C@@H](C)[C@H]1NC2(CCN(C(=S)NC(C)C)CC2)N(CC)C1=O. The van der Waals surface area contributed by atoms with E-state index in [2.05, 4.69) is 55.1 Å². The Balaban J connectivity index is 2.06. The number of likely N-dealkylation sites (N-methyl/N-ethyl adjacent to an activating group) is 1. The molecule has 2 N–H and O–H groups in total. The molecule has 0 aromatic carbocycles. The molecule has 0 saturated carbocycles. The quantitative estimate of drug-likeness (QED) is 0.766. The van der Waals surface area contributed by atoms with Gasteiger partial charge >= 0.3 is 0 Å². The van der Waals surface area contributed by atoms with Crippen molar-refractivity contribution in [3.05, 3.63) is 0 Å². The third-order valence-corrected chi connectivity index (χ3v) is 5.67. The lowest BCUT2D eigenvalue weighted by Crippen LogP contribution is -2.60. The number of nitrogens with zero attached hydrogens (tertiary/aromatic N) is 2. The van der Waals surface area contributed by atoms with Gasteiger partial charge in [0, 0.05) is 38.5 Å². The third-order valence-electron chi connectivity index (χ3n) is 5.29. The van der Waals surface area contributed by atoms with Crippen molar-refractivity contribution in [2.45, 2.75) is 71.6 Å². The predicted molar refractivity (Wildman–Crippen MR) is 98.2 cm³/mol. The normalized spacial score (nSPS) is 25.3. The molecule has 0 aromatic rings. The lowest BCUT2D eigenvalue weighted by Gasteiger charge is -2.45. The third kappa shape index (κ3) is 3.63. The van der Waals surface area contributed by atoms with Crippen LogP contribution in [-0.2, 0) is 4.79 Å². The van der Waals surface area contributed by atoms with E-state index in [-0.39, 0.29) is 17.6 Å². The van der Waals surface area contributed by atoms with Gasteiger partial charge in [-0.05, 0) is 38.9 Å². The molecule has 0 unspecified atom stereocenters. The first-order valence-corrected chi connectivity index (χ1v) is 9.40. The zero-order valence-electron chi connectivity index (χ0n) is 15.2. The first kappa shape index (κ1) is 18.5. The number of carbonyl (C=O) groups excluding carboxylic acids is 1. The summed E-state index contributed by atoms with van der Waals surface area (Å²) in [5.74, 6) is 0.649. The Morgan fingerprint density at radius 3 is 2.43 bits per heavy atom. The average molecular weight is 341 g/mol. The molecule has 6 heteroatoms. The maximum absolute atomic E-state index is 12.8. The first-order chi connectivity index (χ1) is 10.8. The van der Waals surface area contributed by atoms with Crippen molar-refractivity contribution in [2.75, 3.05) is 19.6 Å². The highest BCUT2D eigenvalue weighted by Crippen LogP contribution is 2.34. The monoisotopic (exact) mass is 340 g/mol. The maximum atomic E-state index is 12.8. The number of nitrogens with one attached hydrogen (secondary N) is 2. The van der Waals surface area contributed by atoms with Gasteiger partial charge in [-0.2, -0.15) is 0 Å². The second-order valence-electron chi connectivity index (χ2n) is 7.21. The summed E-state index contributed by atoms with van der Waals surface area (Å²) in [6.45, 7) is 13.2. The van der Waals surface area contributed by atoms with Gasteiger partial charge in [-0.15, -0.1) is 0 Å². The molecule has 2 atom stereocenters. The number of likely N-dealkylation sites (tertiary alicyclic amines) is 1. The second-order valence-corrected chi connectivity index (χ2v) is 7.60. The van der Waals surface area contributed by atoms with Crippen molar-refractivity contribution in [3.8, 4) is 0 Å². The molecule has 1 spiro atoms. The zero-order valence-corrected chi connectivity index (χ0v) is 16.0. The fourth-order valence-electron chi connectivity index (χ4n) is 3.72. The van der Waals surface area contributed by atoms with Gasteiger partial charge in [-0.3, -0.25) is 10.1 Å². The van der Waals surface area contributed by atoms with Crippen molar-refractivity contribution in [1.82, 2.24) is 20.4 Å². The number of hydrogen-bond acceptors (Lipinski definition) is 3. The van der Waals surface area contributed by atoms with E-state index >= 15 is 0 Å². The summed E-state index contributed by atoms with van der Waals surface area (Å²) in [7, 11) is 0. The van der Waals surface area contributed by atoms with Gasteiger partial charge in [0.1, 0.15) is 0 Å². The van der Waals surface area contributed by atoms with Gasteiger partial charge < -0.3 is 15.1 Å². The lowest BCUT2D eigenvalue weighted by molar-refractivity contribution is -0.133. The van der Waals surface area contributed by atoms with E-state index in [1.807, 2.05) is 0 Å². The molecule has 132 valence electrons. The van der Waals surface area contributed by atoms with Gasteiger partial charge in [0.05, 0.1) is 11.7 Å². The van der Waals surface area contributed by atoms with E-state index in [0.29, 0.717) is 12.0 Å². The standard InChI is InChI=1S/C17H32N4OS/c1-6-13(5)14-15(22)21(7-2)17(19-14)8-10-20(11-9-17)16(23)18-12(3)4/h12-14,19H,6-11H2,1-5H3,(H,18,23)/t13-,14-/m1/s1.